The van der Waals surface area contributed by atoms with Gasteiger partial charge in [0.1, 0.15) is 11.9 Å². The molecule has 0 aliphatic carbocycles. The molecule has 0 saturated heterocycles. The van der Waals surface area contributed by atoms with Crippen LogP contribution in [0, 0.1) is 3.57 Å². The zero-order valence-electron chi connectivity index (χ0n) is 17.4. The molecular formula is C22H23IN2O7. The van der Waals surface area contributed by atoms with Crippen LogP contribution in [0.5, 0.6) is 5.75 Å². The van der Waals surface area contributed by atoms with E-state index in [1.165, 1.54) is 24.5 Å². The third kappa shape index (κ3) is 7.32. The molecule has 0 unspecified atom stereocenters. The van der Waals surface area contributed by atoms with Crippen molar-refractivity contribution < 1.29 is 34.2 Å². The fourth-order valence-electron chi connectivity index (χ4n) is 2.77. The summed E-state index contributed by atoms with van der Waals surface area (Å²) in [6, 6.07) is 11.0. The van der Waals surface area contributed by atoms with Crippen molar-refractivity contribution in [2.75, 3.05) is 11.9 Å². The molecule has 0 aromatic heterocycles. The molecule has 2 aromatic carbocycles. The molecule has 2 rings (SSSR count). The zero-order valence-corrected chi connectivity index (χ0v) is 19.5. The van der Waals surface area contributed by atoms with Gasteiger partial charge in [-0.2, -0.15) is 0 Å². The van der Waals surface area contributed by atoms with Crippen LogP contribution in [0.25, 0.3) is 0 Å². The number of hydroxylamine groups is 1. The number of rotatable bonds is 9. The zero-order chi connectivity index (χ0) is 23.7. The van der Waals surface area contributed by atoms with E-state index in [0.717, 1.165) is 9.65 Å². The van der Waals surface area contributed by atoms with Gasteiger partial charge in [0.05, 0.1) is 0 Å². The number of aromatic hydroxyl groups is 1. The van der Waals surface area contributed by atoms with Crippen LogP contribution in [0.4, 0.5) is 10.5 Å². The lowest BCUT2D eigenvalue weighted by atomic mass is 10.0. The molecule has 0 fully saturated rings. The Morgan fingerprint density at radius 3 is 2.44 bits per heavy atom. The van der Waals surface area contributed by atoms with Gasteiger partial charge >= 0.3 is 6.09 Å². The first kappa shape index (κ1) is 25.3. The maximum absolute atomic E-state index is 12.6. The van der Waals surface area contributed by atoms with Gasteiger partial charge in [-0.05, 0) is 85.0 Å². The number of ketones is 1. The normalized spacial score (nSPS) is 12.8. The number of nitrogens with one attached hydrogen (secondary N) is 2. The minimum atomic E-state index is -1.12. The van der Waals surface area contributed by atoms with E-state index >= 15 is 0 Å². The van der Waals surface area contributed by atoms with E-state index in [0.29, 0.717) is 11.3 Å². The Balaban J connectivity index is 2.33. The second-order valence-electron chi connectivity index (χ2n) is 6.54. The molecule has 0 aliphatic rings. The highest BCUT2D eigenvalue weighted by Crippen LogP contribution is 2.33. The topological polar surface area (TPSA) is 134 Å². The quantitative estimate of drug-likeness (QED) is 0.121. The number of ether oxygens (including phenoxy) is 2. The second-order valence-corrected chi connectivity index (χ2v) is 7.79. The SMILES string of the molecule is CCO[C@H](/C=C/C(=O)NO)[C@H](OC(=O)Nc1ccc(C(C)=O)cc1)c1cc(I)ccc1O. The third-order valence-electron chi connectivity index (χ3n) is 4.27. The predicted octanol–water partition coefficient (Wildman–Crippen LogP) is 3.96. The second kappa shape index (κ2) is 12.2. The van der Waals surface area contributed by atoms with Gasteiger partial charge < -0.3 is 14.6 Å². The number of Topliss-reactive ketones (excluding diaryl/α,β-unsaturated/α-hetero) is 1. The number of halogens is 1. The number of carbonyl (C=O) groups is 3. The van der Waals surface area contributed by atoms with E-state index in [2.05, 4.69) is 5.32 Å². The number of benzene rings is 2. The fourth-order valence-corrected chi connectivity index (χ4v) is 3.28. The number of anilines is 1. The monoisotopic (exact) mass is 554 g/mol. The molecule has 10 heteroatoms. The fraction of sp³-hybridized carbons (Fsp3) is 0.227. The molecule has 0 saturated carbocycles. The third-order valence-corrected chi connectivity index (χ3v) is 4.94. The average Bonchev–Trinajstić information content (AvgIpc) is 2.77. The predicted molar refractivity (Wildman–Crippen MR) is 125 cm³/mol. The van der Waals surface area contributed by atoms with Crippen LogP contribution in [-0.4, -0.2) is 40.8 Å². The molecular weight excluding hydrogens is 531 g/mol. The molecule has 0 spiro atoms. The molecule has 0 heterocycles. The summed E-state index contributed by atoms with van der Waals surface area (Å²) < 4.78 is 12.0. The van der Waals surface area contributed by atoms with Crippen LogP contribution in [-0.2, 0) is 14.3 Å². The minimum absolute atomic E-state index is 0.105. The van der Waals surface area contributed by atoms with E-state index in [9.17, 15) is 19.5 Å². The summed E-state index contributed by atoms with van der Waals surface area (Å²) in [5.74, 6) is -1.03. The first-order valence-corrected chi connectivity index (χ1v) is 10.6. The van der Waals surface area contributed by atoms with Gasteiger partial charge in [0, 0.05) is 33.1 Å². The van der Waals surface area contributed by atoms with Crippen LogP contribution in [0.15, 0.2) is 54.6 Å². The summed E-state index contributed by atoms with van der Waals surface area (Å²) in [6.07, 6.45) is -0.571. The highest BCUT2D eigenvalue weighted by atomic mass is 127. The van der Waals surface area contributed by atoms with E-state index in [4.69, 9.17) is 14.7 Å². The van der Waals surface area contributed by atoms with Gasteiger partial charge in [-0.25, -0.2) is 10.3 Å². The van der Waals surface area contributed by atoms with E-state index in [1.54, 1.807) is 43.3 Å². The Labute approximate surface area is 198 Å². The average molecular weight is 554 g/mol. The van der Waals surface area contributed by atoms with Crippen molar-refractivity contribution in [3.8, 4) is 5.75 Å². The Morgan fingerprint density at radius 1 is 1.16 bits per heavy atom. The molecule has 4 N–H and O–H groups in total. The van der Waals surface area contributed by atoms with E-state index in [-0.39, 0.29) is 23.7 Å². The number of hydrogen-bond donors (Lipinski definition) is 4. The van der Waals surface area contributed by atoms with Crippen molar-refractivity contribution in [2.45, 2.75) is 26.1 Å². The summed E-state index contributed by atoms with van der Waals surface area (Å²) in [5.41, 5.74) is 2.63. The lowest BCUT2D eigenvalue weighted by Crippen LogP contribution is -2.28. The summed E-state index contributed by atoms with van der Waals surface area (Å²) in [5, 5.41) is 21.7. The van der Waals surface area contributed by atoms with Crippen molar-refractivity contribution in [2.24, 2.45) is 0 Å². The molecule has 2 atom stereocenters. The van der Waals surface area contributed by atoms with Crippen molar-refractivity contribution in [3.05, 3.63) is 69.3 Å². The van der Waals surface area contributed by atoms with Crippen molar-refractivity contribution in [3.63, 3.8) is 0 Å². The molecule has 2 aromatic rings. The van der Waals surface area contributed by atoms with Gasteiger partial charge in [0.15, 0.2) is 11.9 Å². The van der Waals surface area contributed by atoms with Crippen molar-refractivity contribution >= 4 is 46.1 Å². The largest absolute Gasteiger partial charge is 0.508 e. The molecule has 0 radical (unpaired) electrons. The van der Waals surface area contributed by atoms with E-state index < -0.39 is 24.2 Å². The van der Waals surface area contributed by atoms with Crippen LogP contribution >= 0.6 is 22.6 Å². The van der Waals surface area contributed by atoms with Gasteiger partial charge in [-0.1, -0.05) is 0 Å². The van der Waals surface area contributed by atoms with Crippen LogP contribution in [0.1, 0.15) is 35.9 Å². The molecule has 2 amide bonds. The number of amides is 2. The molecule has 0 aliphatic heterocycles. The van der Waals surface area contributed by atoms with Crippen LogP contribution in [0.2, 0.25) is 0 Å². The number of phenols is 1. The Kier molecular flexibility index (Phi) is 9.62. The smallest absolute Gasteiger partial charge is 0.412 e. The van der Waals surface area contributed by atoms with Gasteiger partial charge in [0.2, 0.25) is 0 Å². The molecule has 32 heavy (non-hydrogen) atoms. The Hall–Kier alpha value is -2.96. The van der Waals surface area contributed by atoms with E-state index in [1.807, 2.05) is 22.6 Å². The molecule has 9 nitrogen and oxygen atoms in total. The molecule has 170 valence electrons. The highest BCUT2D eigenvalue weighted by Gasteiger charge is 2.29. The standard InChI is InChI=1S/C22H23IN2O7/c1-3-31-19(10-11-20(28)25-30)21(17-12-15(23)6-9-18(17)27)32-22(29)24-16-7-4-14(5-8-16)13(2)26/h4-12,19,21,27,30H,3H2,1-2H3,(H,24,29)(H,25,28)/b11-10+/t19-,21-/m1/s1. The first-order valence-electron chi connectivity index (χ1n) is 9.56. The lowest BCUT2D eigenvalue weighted by molar-refractivity contribution is -0.124. The highest BCUT2D eigenvalue weighted by molar-refractivity contribution is 14.1. The number of carbonyl (C=O) groups excluding carboxylic acids is 3. The maximum atomic E-state index is 12.6. The maximum Gasteiger partial charge on any atom is 0.412 e. The Morgan fingerprint density at radius 2 is 1.84 bits per heavy atom. The van der Waals surface area contributed by atoms with Crippen molar-refractivity contribution in [1.29, 1.82) is 0 Å². The first-order chi connectivity index (χ1) is 15.2. The summed E-state index contributed by atoms with van der Waals surface area (Å²) in [4.78, 5) is 35.5. The lowest BCUT2D eigenvalue weighted by Gasteiger charge is -2.26. The summed E-state index contributed by atoms with van der Waals surface area (Å²) >= 11 is 2.05. The van der Waals surface area contributed by atoms with Gasteiger partial charge in [0.25, 0.3) is 5.91 Å². The number of phenolic OH excluding ortho intramolecular Hbond substituents is 1. The van der Waals surface area contributed by atoms with Crippen LogP contribution < -0.4 is 10.8 Å². The Bertz CT molecular complexity index is 992. The summed E-state index contributed by atoms with van der Waals surface area (Å²) in [6.45, 7) is 3.37. The van der Waals surface area contributed by atoms with Crippen LogP contribution in [0.3, 0.4) is 0 Å². The molecule has 0 bridgehead atoms. The van der Waals surface area contributed by atoms with Gasteiger partial charge in [-0.15, -0.1) is 0 Å². The van der Waals surface area contributed by atoms with Gasteiger partial charge in [-0.3, -0.25) is 20.1 Å². The number of hydrogen-bond acceptors (Lipinski definition) is 7. The minimum Gasteiger partial charge on any atom is -0.508 e. The van der Waals surface area contributed by atoms with Crippen molar-refractivity contribution in [1.82, 2.24) is 5.48 Å². The summed E-state index contributed by atoms with van der Waals surface area (Å²) in [7, 11) is 0.